The predicted octanol–water partition coefficient (Wildman–Crippen LogP) is 3.41. The van der Waals surface area contributed by atoms with Crippen LogP contribution < -0.4 is 5.32 Å². The fraction of sp³-hybridized carbons (Fsp3) is 0.214. The molecule has 1 aromatic carbocycles. The highest BCUT2D eigenvalue weighted by molar-refractivity contribution is 6.22. The molecule has 0 aliphatic carbocycles. The van der Waals surface area contributed by atoms with Crippen molar-refractivity contribution < 1.29 is 9.21 Å². The van der Waals surface area contributed by atoms with E-state index < -0.39 is 0 Å². The van der Waals surface area contributed by atoms with E-state index in [4.69, 9.17) is 16.0 Å². The molecule has 0 radical (unpaired) electrons. The molecule has 1 N–H and O–H groups in total. The van der Waals surface area contributed by atoms with Gasteiger partial charge in [0, 0.05) is 11.3 Å². The van der Waals surface area contributed by atoms with Crippen molar-refractivity contribution in [2.24, 2.45) is 0 Å². The van der Waals surface area contributed by atoms with Crippen LogP contribution in [0.1, 0.15) is 27.8 Å². The Morgan fingerprint density at radius 2 is 2.22 bits per heavy atom. The van der Waals surface area contributed by atoms with Crippen molar-refractivity contribution in [1.82, 2.24) is 0 Å². The summed E-state index contributed by atoms with van der Waals surface area (Å²) < 4.78 is 5.27. The maximum absolute atomic E-state index is 11.3. The monoisotopic (exact) mass is 261 g/mol. The van der Waals surface area contributed by atoms with Crippen LogP contribution in [0.25, 0.3) is 0 Å². The van der Waals surface area contributed by atoms with E-state index in [1.807, 2.05) is 31.2 Å². The highest BCUT2D eigenvalue weighted by Crippen LogP contribution is 2.34. The van der Waals surface area contributed by atoms with Gasteiger partial charge in [-0.25, -0.2) is 0 Å². The zero-order valence-electron chi connectivity index (χ0n) is 9.87. The van der Waals surface area contributed by atoms with Gasteiger partial charge in [0.1, 0.15) is 5.76 Å². The second-order valence-corrected chi connectivity index (χ2v) is 4.87. The highest BCUT2D eigenvalue weighted by atomic mass is 35.5. The minimum atomic E-state index is -0.246. The van der Waals surface area contributed by atoms with Gasteiger partial charge in [-0.3, -0.25) is 4.79 Å². The number of fused-ring (bicyclic) bond motifs is 1. The van der Waals surface area contributed by atoms with Crippen molar-refractivity contribution in [2.45, 2.75) is 18.7 Å². The van der Waals surface area contributed by atoms with Gasteiger partial charge >= 0.3 is 0 Å². The quantitative estimate of drug-likeness (QED) is 0.842. The summed E-state index contributed by atoms with van der Waals surface area (Å²) in [4.78, 5) is 11.3. The fourth-order valence-corrected chi connectivity index (χ4v) is 2.61. The number of rotatable bonds is 2. The summed E-state index contributed by atoms with van der Waals surface area (Å²) in [5, 5.41) is 2.56. The minimum absolute atomic E-state index is 0.0350. The van der Waals surface area contributed by atoms with Crippen LogP contribution in [0.3, 0.4) is 0 Å². The molecule has 3 nitrogen and oxygen atoms in total. The second kappa shape index (κ2) is 4.18. The van der Waals surface area contributed by atoms with Gasteiger partial charge in [-0.15, -0.1) is 11.6 Å². The average molecular weight is 262 g/mol. The maximum Gasteiger partial charge on any atom is 0.228 e. The summed E-state index contributed by atoms with van der Waals surface area (Å²) in [7, 11) is 0. The molecule has 1 amide bonds. The van der Waals surface area contributed by atoms with Crippen LogP contribution in [0.15, 0.2) is 34.9 Å². The number of aryl methyl sites for hydroxylation is 1. The number of halogens is 1. The van der Waals surface area contributed by atoms with Crippen LogP contribution >= 0.6 is 11.6 Å². The van der Waals surface area contributed by atoms with E-state index in [0.29, 0.717) is 6.42 Å². The van der Waals surface area contributed by atoms with Gasteiger partial charge in [-0.1, -0.05) is 12.1 Å². The van der Waals surface area contributed by atoms with Crippen molar-refractivity contribution in [2.75, 3.05) is 5.32 Å². The lowest BCUT2D eigenvalue weighted by Crippen LogP contribution is -2.03. The van der Waals surface area contributed by atoms with Crippen molar-refractivity contribution in [3.63, 3.8) is 0 Å². The Morgan fingerprint density at radius 1 is 1.39 bits per heavy atom. The summed E-state index contributed by atoms with van der Waals surface area (Å²) in [6.07, 6.45) is 2.07. The van der Waals surface area contributed by atoms with Gasteiger partial charge in [0.15, 0.2) is 0 Å². The van der Waals surface area contributed by atoms with Gasteiger partial charge in [0.05, 0.1) is 18.1 Å². The van der Waals surface area contributed by atoms with Gasteiger partial charge in [0.25, 0.3) is 0 Å². The van der Waals surface area contributed by atoms with E-state index >= 15 is 0 Å². The standard InChI is InChI=1S/C14H12ClNO2/c1-8-11(4-5-18-8)14(15)9-2-3-12-10(6-9)7-13(17)16-12/h2-6,14H,7H2,1H3,(H,16,17). The summed E-state index contributed by atoms with van der Waals surface area (Å²) in [6.45, 7) is 1.89. The molecule has 1 atom stereocenters. The first kappa shape index (κ1) is 11.4. The van der Waals surface area contributed by atoms with Crippen LogP contribution in [0.5, 0.6) is 0 Å². The van der Waals surface area contributed by atoms with E-state index in [1.165, 1.54) is 0 Å². The number of alkyl halides is 1. The first-order valence-electron chi connectivity index (χ1n) is 5.76. The Hall–Kier alpha value is -1.74. The van der Waals surface area contributed by atoms with Gasteiger partial charge < -0.3 is 9.73 Å². The van der Waals surface area contributed by atoms with E-state index in [9.17, 15) is 4.79 Å². The SMILES string of the molecule is Cc1occc1C(Cl)c1ccc2c(c1)CC(=O)N2. The van der Waals surface area contributed by atoms with Crippen molar-refractivity contribution in [1.29, 1.82) is 0 Å². The summed E-state index contributed by atoms with van der Waals surface area (Å²) >= 11 is 6.45. The molecule has 0 fully saturated rings. The molecule has 0 saturated carbocycles. The van der Waals surface area contributed by atoms with Crippen molar-refractivity contribution in [3.8, 4) is 0 Å². The molecule has 1 aliphatic rings. The summed E-state index contributed by atoms with van der Waals surface area (Å²) in [6, 6.07) is 7.70. The molecule has 1 aliphatic heterocycles. The summed E-state index contributed by atoms with van der Waals surface area (Å²) in [5.41, 5.74) is 3.84. The van der Waals surface area contributed by atoms with Crippen molar-refractivity contribution >= 4 is 23.2 Å². The van der Waals surface area contributed by atoms with E-state index in [2.05, 4.69) is 5.32 Å². The average Bonchev–Trinajstić information content (AvgIpc) is 2.91. The molecule has 1 aromatic heterocycles. The fourth-order valence-electron chi connectivity index (χ4n) is 2.24. The zero-order chi connectivity index (χ0) is 12.7. The van der Waals surface area contributed by atoms with Crippen LogP contribution in [-0.4, -0.2) is 5.91 Å². The molecular weight excluding hydrogens is 250 g/mol. The maximum atomic E-state index is 11.3. The number of amides is 1. The lowest BCUT2D eigenvalue weighted by Gasteiger charge is -2.10. The molecular formula is C14H12ClNO2. The van der Waals surface area contributed by atoms with Crippen LogP contribution in [0, 0.1) is 6.92 Å². The van der Waals surface area contributed by atoms with Crippen molar-refractivity contribution in [3.05, 3.63) is 53.0 Å². The van der Waals surface area contributed by atoms with E-state index in [0.717, 1.165) is 28.1 Å². The first-order chi connectivity index (χ1) is 8.65. The lowest BCUT2D eigenvalue weighted by molar-refractivity contribution is -0.115. The molecule has 2 heterocycles. The lowest BCUT2D eigenvalue weighted by atomic mass is 10.0. The number of hydrogen-bond acceptors (Lipinski definition) is 2. The Kier molecular flexibility index (Phi) is 2.63. The number of carbonyl (C=O) groups is 1. The third kappa shape index (κ3) is 1.81. The number of carbonyl (C=O) groups excluding carboxylic acids is 1. The molecule has 18 heavy (non-hydrogen) atoms. The molecule has 1 unspecified atom stereocenters. The third-order valence-corrected chi connectivity index (χ3v) is 3.71. The van der Waals surface area contributed by atoms with Gasteiger partial charge in [-0.05, 0) is 30.2 Å². The Balaban J connectivity index is 1.97. The topological polar surface area (TPSA) is 42.2 Å². The first-order valence-corrected chi connectivity index (χ1v) is 6.19. The Bertz CT molecular complexity index is 618. The van der Waals surface area contributed by atoms with Crippen LogP contribution in [0.4, 0.5) is 5.69 Å². The highest BCUT2D eigenvalue weighted by Gasteiger charge is 2.21. The smallest absolute Gasteiger partial charge is 0.228 e. The van der Waals surface area contributed by atoms with Gasteiger partial charge in [-0.2, -0.15) is 0 Å². The predicted molar refractivity (Wildman–Crippen MR) is 69.9 cm³/mol. The third-order valence-electron chi connectivity index (χ3n) is 3.22. The number of nitrogens with one attached hydrogen (secondary N) is 1. The Morgan fingerprint density at radius 3 is 2.94 bits per heavy atom. The number of hydrogen-bond donors (Lipinski definition) is 1. The zero-order valence-corrected chi connectivity index (χ0v) is 10.6. The van der Waals surface area contributed by atoms with Crippen LogP contribution in [-0.2, 0) is 11.2 Å². The molecule has 0 spiro atoms. The van der Waals surface area contributed by atoms with E-state index in [-0.39, 0.29) is 11.3 Å². The minimum Gasteiger partial charge on any atom is -0.469 e. The van der Waals surface area contributed by atoms with Crippen LogP contribution in [0.2, 0.25) is 0 Å². The molecule has 4 heteroatoms. The second-order valence-electron chi connectivity index (χ2n) is 4.44. The molecule has 2 aromatic rings. The van der Waals surface area contributed by atoms with Gasteiger partial charge in [0.2, 0.25) is 5.91 Å². The molecule has 3 rings (SSSR count). The largest absolute Gasteiger partial charge is 0.469 e. The molecule has 0 bridgehead atoms. The number of benzene rings is 1. The number of anilines is 1. The molecule has 92 valence electrons. The van der Waals surface area contributed by atoms with E-state index in [1.54, 1.807) is 6.26 Å². The Labute approximate surface area is 110 Å². The molecule has 0 saturated heterocycles. The normalized spacial score (nSPS) is 15.3. The summed E-state index contributed by atoms with van der Waals surface area (Å²) in [5.74, 6) is 0.859. The number of furan rings is 1.